The number of nitrogens with zero attached hydrogens (tertiary/aromatic N) is 1. The van der Waals surface area contributed by atoms with Gasteiger partial charge in [0.15, 0.2) is 0 Å². The molecule has 25 heavy (non-hydrogen) atoms. The summed E-state index contributed by atoms with van der Waals surface area (Å²) in [6.07, 6.45) is 3.48. The molecule has 1 aliphatic heterocycles. The summed E-state index contributed by atoms with van der Waals surface area (Å²) in [5, 5.41) is 0. The normalized spacial score (nSPS) is 23.8. The van der Waals surface area contributed by atoms with E-state index in [0.29, 0.717) is 24.3 Å². The number of benzene rings is 2. The molecule has 0 spiro atoms. The lowest BCUT2D eigenvalue weighted by atomic mass is 9.78. The van der Waals surface area contributed by atoms with Crippen LogP contribution in [-0.2, 0) is 13.0 Å². The van der Waals surface area contributed by atoms with Gasteiger partial charge in [0.1, 0.15) is 5.84 Å². The largest absolute Gasteiger partial charge is 0.387 e. The summed E-state index contributed by atoms with van der Waals surface area (Å²) in [5.74, 6) is 2.39. The second-order valence-electron chi connectivity index (χ2n) is 6.79. The zero-order valence-corrected chi connectivity index (χ0v) is 15.3. The monoisotopic (exact) mass is 335 g/mol. The van der Waals surface area contributed by atoms with Gasteiger partial charge >= 0.3 is 0 Å². The summed E-state index contributed by atoms with van der Waals surface area (Å²) in [4.78, 5) is 4.63. The van der Waals surface area contributed by atoms with Gasteiger partial charge in [-0.15, -0.1) is 0 Å². The van der Waals surface area contributed by atoms with Crippen LogP contribution in [0.4, 0.5) is 5.69 Å². The molecule has 3 heteroatoms. The standard InChI is InChI=1S/C20H23N3.C2H6/c21-12-14-7-5-13(6-8-14)11-15-9-10-17-19(15)16-3-1-2-4-18(16)23-20(17)22;1-2/h1-8,15,17,19H,9-12,21H2,(H2,22,23);1-2H3. The van der Waals surface area contributed by atoms with Crippen LogP contribution in [0.3, 0.4) is 0 Å². The van der Waals surface area contributed by atoms with Crippen LogP contribution in [0.15, 0.2) is 53.5 Å². The van der Waals surface area contributed by atoms with Crippen molar-refractivity contribution >= 4 is 11.5 Å². The summed E-state index contributed by atoms with van der Waals surface area (Å²) in [7, 11) is 0. The van der Waals surface area contributed by atoms with Crippen molar-refractivity contribution in [2.45, 2.75) is 45.6 Å². The van der Waals surface area contributed by atoms with Gasteiger partial charge in [0, 0.05) is 12.5 Å². The molecule has 0 amide bonds. The van der Waals surface area contributed by atoms with Gasteiger partial charge in [0.2, 0.25) is 0 Å². The Labute approximate surface area is 151 Å². The Bertz CT molecular complexity index is 733. The average Bonchev–Trinajstić information content (AvgIpc) is 3.09. The van der Waals surface area contributed by atoms with Crippen molar-refractivity contribution in [3.8, 4) is 0 Å². The van der Waals surface area contributed by atoms with Crippen molar-refractivity contribution in [1.82, 2.24) is 0 Å². The number of hydrogen-bond donors (Lipinski definition) is 2. The van der Waals surface area contributed by atoms with E-state index in [0.717, 1.165) is 24.4 Å². The number of aliphatic imine (C=N–C) groups is 1. The fourth-order valence-corrected chi connectivity index (χ4v) is 4.32. The molecule has 3 unspecified atom stereocenters. The second kappa shape index (κ2) is 7.83. The number of hydrogen-bond acceptors (Lipinski definition) is 3. The number of para-hydroxylation sites is 1. The first-order valence-corrected chi connectivity index (χ1v) is 9.47. The Morgan fingerprint density at radius 2 is 1.64 bits per heavy atom. The zero-order chi connectivity index (χ0) is 17.8. The lowest BCUT2D eigenvalue weighted by Crippen LogP contribution is -2.30. The first kappa shape index (κ1) is 17.7. The minimum absolute atomic E-state index is 0.415. The summed E-state index contributed by atoms with van der Waals surface area (Å²) >= 11 is 0. The number of rotatable bonds is 3. The van der Waals surface area contributed by atoms with Crippen molar-refractivity contribution in [3.05, 3.63) is 65.2 Å². The first-order valence-electron chi connectivity index (χ1n) is 9.47. The van der Waals surface area contributed by atoms with Gasteiger partial charge in [-0.25, -0.2) is 4.99 Å². The molecule has 0 radical (unpaired) electrons. The summed E-state index contributed by atoms with van der Waals surface area (Å²) in [6, 6.07) is 17.2. The Balaban J connectivity index is 0.000000880. The van der Waals surface area contributed by atoms with Crippen LogP contribution >= 0.6 is 0 Å². The number of amidine groups is 1. The predicted molar refractivity (Wildman–Crippen MR) is 106 cm³/mol. The van der Waals surface area contributed by atoms with Gasteiger partial charge in [0.25, 0.3) is 0 Å². The maximum absolute atomic E-state index is 6.26. The molecule has 3 atom stereocenters. The van der Waals surface area contributed by atoms with Crippen LogP contribution in [0.1, 0.15) is 49.3 Å². The summed E-state index contributed by atoms with van der Waals surface area (Å²) < 4.78 is 0. The molecular formula is C22H29N3. The third-order valence-corrected chi connectivity index (χ3v) is 5.47. The fourth-order valence-electron chi connectivity index (χ4n) is 4.32. The van der Waals surface area contributed by atoms with Gasteiger partial charge in [-0.05, 0) is 53.9 Å². The minimum atomic E-state index is 0.415. The van der Waals surface area contributed by atoms with Gasteiger partial charge in [-0.1, -0.05) is 56.3 Å². The molecule has 132 valence electrons. The van der Waals surface area contributed by atoms with Crippen molar-refractivity contribution < 1.29 is 0 Å². The topological polar surface area (TPSA) is 64.4 Å². The molecule has 0 saturated heterocycles. The zero-order valence-electron chi connectivity index (χ0n) is 15.3. The first-order chi connectivity index (χ1) is 12.3. The maximum atomic E-state index is 6.26. The average molecular weight is 335 g/mol. The molecule has 4 rings (SSSR count). The van der Waals surface area contributed by atoms with Crippen LogP contribution in [0, 0.1) is 11.8 Å². The van der Waals surface area contributed by atoms with E-state index in [1.165, 1.54) is 23.1 Å². The van der Waals surface area contributed by atoms with Crippen molar-refractivity contribution in [1.29, 1.82) is 0 Å². The molecule has 2 aromatic rings. The van der Waals surface area contributed by atoms with Gasteiger partial charge in [0.05, 0.1) is 5.69 Å². The Kier molecular flexibility index (Phi) is 5.54. The lowest BCUT2D eigenvalue weighted by Gasteiger charge is -2.30. The third kappa shape index (κ3) is 3.47. The van der Waals surface area contributed by atoms with Crippen LogP contribution in [0.5, 0.6) is 0 Å². The summed E-state index contributed by atoms with van der Waals surface area (Å²) in [5.41, 5.74) is 17.0. The van der Waals surface area contributed by atoms with E-state index >= 15 is 0 Å². The van der Waals surface area contributed by atoms with Crippen molar-refractivity contribution in [2.24, 2.45) is 28.3 Å². The summed E-state index contributed by atoms with van der Waals surface area (Å²) in [6.45, 7) is 4.61. The highest BCUT2D eigenvalue weighted by molar-refractivity contribution is 5.89. The quantitative estimate of drug-likeness (QED) is 0.865. The van der Waals surface area contributed by atoms with E-state index in [9.17, 15) is 0 Å². The van der Waals surface area contributed by atoms with Crippen LogP contribution in [0.2, 0.25) is 0 Å². The Hall–Kier alpha value is -2.13. The lowest BCUT2D eigenvalue weighted by molar-refractivity contribution is 0.456. The van der Waals surface area contributed by atoms with E-state index in [1.807, 2.05) is 19.9 Å². The van der Waals surface area contributed by atoms with E-state index < -0.39 is 0 Å². The molecule has 0 aromatic heterocycles. The molecule has 2 aliphatic rings. The molecule has 1 heterocycles. The van der Waals surface area contributed by atoms with Crippen LogP contribution < -0.4 is 11.5 Å². The highest BCUT2D eigenvalue weighted by Gasteiger charge is 2.42. The smallest absolute Gasteiger partial charge is 0.103 e. The Morgan fingerprint density at radius 3 is 2.36 bits per heavy atom. The van der Waals surface area contributed by atoms with Crippen LogP contribution in [0.25, 0.3) is 0 Å². The van der Waals surface area contributed by atoms with Crippen molar-refractivity contribution in [2.75, 3.05) is 0 Å². The van der Waals surface area contributed by atoms with E-state index in [-0.39, 0.29) is 0 Å². The van der Waals surface area contributed by atoms with Crippen molar-refractivity contribution in [3.63, 3.8) is 0 Å². The maximum Gasteiger partial charge on any atom is 0.103 e. The molecule has 1 aliphatic carbocycles. The highest BCUT2D eigenvalue weighted by Crippen LogP contribution is 2.50. The highest BCUT2D eigenvalue weighted by atomic mass is 14.9. The molecular weight excluding hydrogens is 306 g/mol. The molecule has 1 fully saturated rings. The van der Waals surface area contributed by atoms with E-state index in [4.69, 9.17) is 11.5 Å². The molecule has 2 aromatic carbocycles. The van der Waals surface area contributed by atoms with Gasteiger partial charge in [-0.3, -0.25) is 0 Å². The second-order valence-corrected chi connectivity index (χ2v) is 6.79. The number of fused-ring (bicyclic) bond motifs is 3. The molecule has 1 saturated carbocycles. The fraction of sp³-hybridized carbons (Fsp3) is 0.409. The SMILES string of the molecule is CC.NCc1ccc(CC2CCC3C(N)=Nc4ccccc4C23)cc1. The van der Waals surface area contributed by atoms with Crippen LogP contribution in [-0.4, -0.2) is 5.84 Å². The van der Waals surface area contributed by atoms with Gasteiger partial charge in [-0.2, -0.15) is 0 Å². The predicted octanol–water partition coefficient (Wildman–Crippen LogP) is 4.53. The molecule has 0 bridgehead atoms. The van der Waals surface area contributed by atoms with Gasteiger partial charge < -0.3 is 11.5 Å². The Morgan fingerprint density at radius 1 is 0.960 bits per heavy atom. The van der Waals surface area contributed by atoms with E-state index in [2.05, 4.69) is 47.5 Å². The molecule has 4 N–H and O–H groups in total. The minimum Gasteiger partial charge on any atom is -0.387 e. The number of nitrogens with two attached hydrogens (primary N) is 2. The third-order valence-electron chi connectivity index (χ3n) is 5.47. The van der Waals surface area contributed by atoms with E-state index in [1.54, 1.807) is 0 Å². The molecule has 3 nitrogen and oxygen atoms in total.